The molecule has 0 aliphatic heterocycles. The van der Waals surface area contributed by atoms with Gasteiger partial charge < -0.3 is 4.57 Å². The van der Waals surface area contributed by atoms with E-state index in [9.17, 15) is 0 Å². The molecule has 1 aromatic heterocycles. The Bertz CT molecular complexity index is 2870. The zero-order chi connectivity index (χ0) is 36.6. The lowest BCUT2D eigenvalue weighted by Crippen LogP contribution is -1.95. The van der Waals surface area contributed by atoms with Crippen LogP contribution < -0.4 is 0 Å². The quantitative estimate of drug-likeness (QED) is 0.156. The SMILES string of the molecule is c1ccc(-c2cc(-c3ccccc3)cc(-c3cccc(-c4ccc5c(c4)c4cc(-c6ccccc6)cc(-c6ccccc6)c4n5-c4ccccc4)c3)c2)cc1. The molecular weight excluding hydrogens is 663 g/mol. The molecule has 1 nitrogen and oxygen atoms in total. The number of benzene rings is 9. The number of para-hydroxylation sites is 1. The van der Waals surface area contributed by atoms with Crippen LogP contribution in [-0.4, -0.2) is 4.57 Å². The first-order chi connectivity index (χ1) is 27.3. The largest absolute Gasteiger partial charge is 0.309 e. The van der Waals surface area contributed by atoms with Gasteiger partial charge in [-0.25, -0.2) is 0 Å². The molecule has 9 aromatic carbocycles. The second-order valence-corrected chi connectivity index (χ2v) is 14.2. The highest BCUT2D eigenvalue weighted by Crippen LogP contribution is 2.43. The van der Waals surface area contributed by atoms with Crippen LogP contribution in [0.1, 0.15) is 0 Å². The zero-order valence-electron chi connectivity index (χ0n) is 30.3. The van der Waals surface area contributed by atoms with Gasteiger partial charge >= 0.3 is 0 Å². The van der Waals surface area contributed by atoms with Crippen molar-refractivity contribution in [2.75, 3.05) is 0 Å². The minimum absolute atomic E-state index is 1.15. The number of aromatic nitrogens is 1. The summed E-state index contributed by atoms with van der Waals surface area (Å²) in [5.41, 5.74) is 18.0. The summed E-state index contributed by atoms with van der Waals surface area (Å²) in [6.45, 7) is 0. The van der Waals surface area contributed by atoms with Crippen molar-refractivity contribution in [3.8, 4) is 72.4 Å². The Morgan fingerprint density at radius 1 is 0.236 bits per heavy atom. The van der Waals surface area contributed by atoms with Gasteiger partial charge in [0.05, 0.1) is 11.0 Å². The van der Waals surface area contributed by atoms with Gasteiger partial charge in [-0.05, 0) is 122 Å². The molecule has 0 bridgehead atoms. The minimum Gasteiger partial charge on any atom is -0.309 e. The van der Waals surface area contributed by atoms with Crippen molar-refractivity contribution in [3.63, 3.8) is 0 Å². The summed E-state index contributed by atoms with van der Waals surface area (Å²) in [4.78, 5) is 0. The second kappa shape index (κ2) is 14.0. The highest BCUT2D eigenvalue weighted by Gasteiger charge is 2.19. The minimum atomic E-state index is 1.15. The lowest BCUT2D eigenvalue weighted by atomic mass is 9.92. The van der Waals surface area contributed by atoms with Crippen LogP contribution in [0.15, 0.2) is 224 Å². The highest BCUT2D eigenvalue weighted by molar-refractivity contribution is 6.16. The normalized spacial score (nSPS) is 11.3. The Morgan fingerprint density at radius 3 is 1.16 bits per heavy atom. The van der Waals surface area contributed by atoms with Crippen LogP contribution in [0.5, 0.6) is 0 Å². The van der Waals surface area contributed by atoms with E-state index >= 15 is 0 Å². The number of hydrogen-bond donors (Lipinski definition) is 0. The second-order valence-electron chi connectivity index (χ2n) is 14.2. The third-order valence-corrected chi connectivity index (χ3v) is 10.7. The maximum absolute atomic E-state index is 2.45. The van der Waals surface area contributed by atoms with Gasteiger partial charge in [0.15, 0.2) is 0 Å². The molecule has 10 rings (SSSR count). The summed E-state index contributed by atoms with van der Waals surface area (Å²) in [6.07, 6.45) is 0. The van der Waals surface area contributed by atoms with Crippen molar-refractivity contribution in [3.05, 3.63) is 224 Å². The number of nitrogens with zero attached hydrogens (tertiary/aromatic N) is 1. The third-order valence-electron chi connectivity index (χ3n) is 10.7. The van der Waals surface area contributed by atoms with Crippen molar-refractivity contribution in [1.29, 1.82) is 0 Å². The van der Waals surface area contributed by atoms with E-state index in [1.807, 2.05) is 0 Å². The van der Waals surface area contributed by atoms with E-state index < -0.39 is 0 Å². The van der Waals surface area contributed by atoms with Crippen LogP contribution in [0.4, 0.5) is 0 Å². The van der Waals surface area contributed by atoms with Crippen LogP contribution in [0.3, 0.4) is 0 Å². The third kappa shape index (κ3) is 6.12. The molecule has 0 unspecified atom stereocenters. The molecule has 0 amide bonds. The topological polar surface area (TPSA) is 4.93 Å². The van der Waals surface area contributed by atoms with Crippen molar-refractivity contribution in [2.24, 2.45) is 0 Å². The van der Waals surface area contributed by atoms with Crippen LogP contribution in [0, 0.1) is 0 Å². The maximum Gasteiger partial charge on any atom is 0.0619 e. The number of rotatable bonds is 7. The monoisotopic (exact) mass is 699 g/mol. The first-order valence-corrected chi connectivity index (χ1v) is 18.9. The molecule has 0 aliphatic rings. The van der Waals surface area contributed by atoms with E-state index in [1.54, 1.807) is 0 Å². The number of fused-ring (bicyclic) bond motifs is 3. The Labute approximate surface area is 322 Å². The highest BCUT2D eigenvalue weighted by atomic mass is 15.0. The Hall–Kier alpha value is -7.22. The summed E-state index contributed by atoms with van der Waals surface area (Å²) in [5.74, 6) is 0. The van der Waals surface area contributed by atoms with Crippen molar-refractivity contribution >= 4 is 21.8 Å². The maximum atomic E-state index is 2.45. The van der Waals surface area contributed by atoms with Crippen LogP contribution >= 0.6 is 0 Å². The average molecular weight is 700 g/mol. The predicted molar refractivity (Wildman–Crippen MR) is 233 cm³/mol. The van der Waals surface area contributed by atoms with E-state index in [0.717, 1.165) is 5.69 Å². The van der Waals surface area contributed by atoms with Gasteiger partial charge in [-0.15, -0.1) is 0 Å². The zero-order valence-corrected chi connectivity index (χ0v) is 30.3. The molecule has 55 heavy (non-hydrogen) atoms. The fourth-order valence-electron chi connectivity index (χ4n) is 8.07. The molecule has 0 saturated heterocycles. The lowest BCUT2D eigenvalue weighted by Gasteiger charge is -2.14. The van der Waals surface area contributed by atoms with Crippen molar-refractivity contribution in [2.45, 2.75) is 0 Å². The van der Waals surface area contributed by atoms with Gasteiger partial charge in [0.25, 0.3) is 0 Å². The summed E-state index contributed by atoms with van der Waals surface area (Å²) < 4.78 is 2.45. The molecule has 258 valence electrons. The fourth-order valence-corrected chi connectivity index (χ4v) is 8.07. The number of hydrogen-bond acceptors (Lipinski definition) is 0. The molecule has 0 fully saturated rings. The predicted octanol–water partition coefficient (Wildman–Crippen LogP) is 14.8. The van der Waals surface area contributed by atoms with Gasteiger partial charge in [0, 0.05) is 22.0 Å². The fraction of sp³-hybridized carbons (Fsp3) is 0. The van der Waals surface area contributed by atoms with E-state index in [-0.39, 0.29) is 0 Å². The van der Waals surface area contributed by atoms with E-state index in [1.165, 1.54) is 88.6 Å². The molecular formula is C54H37N. The van der Waals surface area contributed by atoms with Crippen molar-refractivity contribution in [1.82, 2.24) is 4.57 Å². The molecule has 0 spiro atoms. The molecule has 0 atom stereocenters. The first kappa shape index (κ1) is 32.4. The first-order valence-electron chi connectivity index (χ1n) is 18.9. The van der Waals surface area contributed by atoms with Crippen LogP contribution in [-0.2, 0) is 0 Å². The smallest absolute Gasteiger partial charge is 0.0619 e. The summed E-state index contributed by atoms with van der Waals surface area (Å²) in [5, 5.41) is 2.47. The summed E-state index contributed by atoms with van der Waals surface area (Å²) in [6, 6.07) is 81.4. The standard InChI is InChI=1S/C54H37N/c1-6-17-38(18-7-1)45-32-46(39-19-8-2-9-20-39)34-47(33-45)43-26-16-25-42(31-43)44-29-30-53-51(35-44)52-37-48(40-21-10-3-11-22-40)36-50(41-23-12-4-13-24-41)54(52)55(53)49-27-14-5-15-28-49/h1-37H. The van der Waals surface area contributed by atoms with Gasteiger partial charge in [0.1, 0.15) is 0 Å². The van der Waals surface area contributed by atoms with Gasteiger partial charge in [0.2, 0.25) is 0 Å². The molecule has 0 saturated carbocycles. The molecule has 10 aromatic rings. The molecule has 0 aliphatic carbocycles. The Kier molecular flexibility index (Phi) is 8.24. The van der Waals surface area contributed by atoms with Gasteiger partial charge in [-0.2, -0.15) is 0 Å². The molecule has 1 heteroatoms. The van der Waals surface area contributed by atoms with E-state index in [2.05, 4.69) is 229 Å². The molecule has 1 heterocycles. The van der Waals surface area contributed by atoms with Gasteiger partial charge in [-0.1, -0.05) is 164 Å². The molecule has 0 radical (unpaired) electrons. The summed E-state index contributed by atoms with van der Waals surface area (Å²) >= 11 is 0. The Morgan fingerprint density at radius 2 is 0.618 bits per heavy atom. The molecule has 0 N–H and O–H groups in total. The Balaban J connectivity index is 1.18. The van der Waals surface area contributed by atoms with Gasteiger partial charge in [-0.3, -0.25) is 0 Å². The van der Waals surface area contributed by atoms with E-state index in [0.29, 0.717) is 0 Å². The van der Waals surface area contributed by atoms with Crippen molar-refractivity contribution < 1.29 is 0 Å². The van der Waals surface area contributed by atoms with E-state index in [4.69, 9.17) is 0 Å². The lowest BCUT2D eigenvalue weighted by molar-refractivity contribution is 1.18. The van der Waals surface area contributed by atoms with Crippen LogP contribution in [0.2, 0.25) is 0 Å². The van der Waals surface area contributed by atoms with Crippen LogP contribution in [0.25, 0.3) is 94.3 Å². The average Bonchev–Trinajstić information content (AvgIpc) is 3.61. The summed E-state index contributed by atoms with van der Waals surface area (Å²) in [7, 11) is 0.